The highest BCUT2D eigenvalue weighted by atomic mass is 32.1. The van der Waals surface area contributed by atoms with Crippen molar-refractivity contribution in [1.82, 2.24) is 4.98 Å². The average molecular weight is 308 g/mol. The van der Waals surface area contributed by atoms with Gasteiger partial charge in [-0.05, 0) is 25.7 Å². The summed E-state index contributed by atoms with van der Waals surface area (Å²) >= 11 is 1.43. The molecule has 1 aromatic heterocycles. The third-order valence-corrected chi connectivity index (χ3v) is 5.30. The number of thiazole rings is 1. The number of carbonyl (C=O) groups is 2. The van der Waals surface area contributed by atoms with E-state index in [9.17, 15) is 14.7 Å². The molecule has 0 radical (unpaired) electrons. The molecular weight excluding hydrogens is 288 g/mol. The van der Waals surface area contributed by atoms with Crippen LogP contribution in [0.5, 0.6) is 0 Å². The molecule has 1 aromatic rings. The Kier molecular flexibility index (Phi) is 3.97. The molecule has 21 heavy (non-hydrogen) atoms. The van der Waals surface area contributed by atoms with Crippen LogP contribution in [0, 0.1) is 5.41 Å². The molecule has 0 aromatic carbocycles. The summed E-state index contributed by atoms with van der Waals surface area (Å²) in [5.41, 5.74) is 0.180. The fourth-order valence-corrected chi connectivity index (χ4v) is 3.88. The van der Waals surface area contributed by atoms with Gasteiger partial charge in [-0.1, -0.05) is 19.3 Å². The van der Waals surface area contributed by atoms with Crippen molar-refractivity contribution in [3.8, 4) is 0 Å². The number of nitrogens with one attached hydrogen (secondary N) is 1. The molecule has 2 N–H and O–H groups in total. The number of carboxylic acid groups (broad SMARTS) is 1. The van der Waals surface area contributed by atoms with Gasteiger partial charge in [-0.25, -0.2) is 4.98 Å². The Morgan fingerprint density at radius 1 is 1.33 bits per heavy atom. The Balaban J connectivity index is 1.62. The summed E-state index contributed by atoms with van der Waals surface area (Å²) in [4.78, 5) is 28.2. The van der Waals surface area contributed by atoms with E-state index in [2.05, 4.69) is 10.3 Å². The molecule has 2 fully saturated rings. The first-order chi connectivity index (χ1) is 10.1. The van der Waals surface area contributed by atoms with Crippen molar-refractivity contribution in [3.63, 3.8) is 0 Å². The second-order valence-corrected chi connectivity index (χ2v) is 7.08. The summed E-state index contributed by atoms with van der Waals surface area (Å²) in [7, 11) is 0. The standard InChI is InChI=1S/C15H20N2O3S/c18-12(8-15(13(19)20)6-2-1-3-7-15)17-14-16-11(9-21-14)10-4-5-10/h9-10H,1-8H2,(H,19,20)(H,16,17,18). The molecule has 0 atom stereocenters. The lowest BCUT2D eigenvalue weighted by atomic mass is 9.71. The van der Waals surface area contributed by atoms with Crippen LogP contribution in [0.25, 0.3) is 0 Å². The van der Waals surface area contributed by atoms with E-state index in [0.717, 1.165) is 25.0 Å². The molecule has 0 spiro atoms. The Hall–Kier alpha value is -1.43. The maximum Gasteiger partial charge on any atom is 0.310 e. The Morgan fingerprint density at radius 3 is 2.67 bits per heavy atom. The zero-order chi connectivity index (χ0) is 14.9. The van der Waals surface area contributed by atoms with Crippen LogP contribution < -0.4 is 5.32 Å². The molecule has 6 heteroatoms. The number of hydrogen-bond donors (Lipinski definition) is 2. The van der Waals surface area contributed by atoms with Crippen LogP contribution >= 0.6 is 11.3 Å². The minimum Gasteiger partial charge on any atom is -0.481 e. The van der Waals surface area contributed by atoms with Gasteiger partial charge in [0.05, 0.1) is 11.1 Å². The van der Waals surface area contributed by atoms with Gasteiger partial charge in [0.15, 0.2) is 5.13 Å². The molecule has 2 aliphatic carbocycles. The topological polar surface area (TPSA) is 79.3 Å². The first-order valence-corrected chi connectivity index (χ1v) is 8.46. The van der Waals surface area contributed by atoms with Crippen molar-refractivity contribution in [2.24, 2.45) is 5.41 Å². The van der Waals surface area contributed by atoms with Crippen molar-refractivity contribution < 1.29 is 14.7 Å². The molecule has 0 saturated heterocycles. The molecule has 5 nitrogen and oxygen atoms in total. The van der Waals surface area contributed by atoms with E-state index in [4.69, 9.17) is 0 Å². The van der Waals surface area contributed by atoms with E-state index >= 15 is 0 Å². The largest absolute Gasteiger partial charge is 0.481 e. The van der Waals surface area contributed by atoms with Crippen molar-refractivity contribution in [3.05, 3.63) is 11.1 Å². The third kappa shape index (κ3) is 3.26. The van der Waals surface area contributed by atoms with Gasteiger partial charge in [0, 0.05) is 17.7 Å². The van der Waals surface area contributed by atoms with Gasteiger partial charge in [0.2, 0.25) is 5.91 Å². The first kappa shape index (κ1) is 14.5. The summed E-state index contributed by atoms with van der Waals surface area (Å²) < 4.78 is 0. The summed E-state index contributed by atoms with van der Waals surface area (Å²) in [5, 5.41) is 14.9. The highest BCUT2D eigenvalue weighted by Crippen LogP contribution is 2.42. The van der Waals surface area contributed by atoms with Gasteiger partial charge in [0.1, 0.15) is 0 Å². The second kappa shape index (κ2) is 5.75. The zero-order valence-electron chi connectivity index (χ0n) is 11.9. The van der Waals surface area contributed by atoms with E-state index in [-0.39, 0.29) is 12.3 Å². The fraction of sp³-hybridized carbons (Fsp3) is 0.667. The average Bonchev–Trinajstić information content (AvgIpc) is 3.20. The maximum atomic E-state index is 12.2. The molecular formula is C15H20N2O3S. The van der Waals surface area contributed by atoms with Gasteiger partial charge >= 0.3 is 5.97 Å². The quantitative estimate of drug-likeness (QED) is 0.874. The van der Waals surface area contributed by atoms with Crippen molar-refractivity contribution >= 4 is 28.3 Å². The van der Waals surface area contributed by atoms with Crippen LogP contribution in [0.15, 0.2) is 5.38 Å². The van der Waals surface area contributed by atoms with Crippen LogP contribution in [0.2, 0.25) is 0 Å². The van der Waals surface area contributed by atoms with Gasteiger partial charge in [-0.15, -0.1) is 11.3 Å². The number of nitrogens with zero attached hydrogens (tertiary/aromatic N) is 1. The number of rotatable bonds is 5. The van der Waals surface area contributed by atoms with Gasteiger partial charge in [-0.2, -0.15) is 0 Å². The van der Waals surface area contributed by atoms with E-state index in [1.807, 2.05) is 5.38 Å². The van der Waals surface area contributed by atoms with E-state index in [1.165, 1.54) is 24.2 Å². The smallest absolute Gasteiger partial charge is 0.310 e. The number of carbonyl (C=O) groups excluding carboxylic acids is 1. The highest BCUT2D eigenvalue weighted by molar-refractivity contribution is 7.13. The summed E-state index contributed by atoms with van der Waals surface area (Å²) in [6.07, 6.45) is 6.46. The van der Waals surface area contributed by atoms with E-state index in [0.29, 0.717) is 23.9 Å². The lowest BCUT2D eigenvalue weighted by Crippen LogP contribution is -2.37. The molecule has 3 rings (SSSR count). The normalized spacial score (nSPS) is 21.0. The molecule has 0 unspecified atom stereocenters. The number of aliphatic carboxylic acids is 1. The minimum absolute atomic E-state index is 0.0562. The van der Waals surface area contributed by atoms with Crippen LogP contribution in [-0.4, -0.2) is 22.0 Å². The molecule has 0 bridgehead atoms. The first-order valence-electron chi connectivity index (χ1n) is 7.58. The predicted molar refractivity (Wildman–Crippen MR) is 80.5 cm³/mol. The fourth-order valence-electron chi connectivity index (χ4n) is 3.08. The van der Waals surface area contributed by atoms with Crippen LogP contribution in [-0.2, 0) is 9.59 Å². The molecule has 114 valence electrons. The number of carboxylic acids is 1. The second-order valence-electron chi connectivity index (χ2n) is 6.22. The van der Waals surface area contributed by atoms with E-state index < -0.39 is 11.4 Å². The van der Waals surface area contributed by atoms with Crippen molar-refractivity contribution in [1.29, 1.82) is 0 Å². The summed E-state index contributed by atoms with van der Waals surface area (Å²) in [6.45, 7) is 0. The predicted octanol–water partition coefficient (Wildman–Crippen LogP) is 3.38. The van der Waals surface area contributed by atoms with Gasteiger partial charge in [0.25, 0.3) is 0 Å². The molecule has 1 amide bonds. The highest BCUT2D eigenvalue weighted by Gasteiger charge is 2.41. The van der Waals surface area contributed by atoms with Crippen molar-refractivity contribution in [2.45, 2.75) is 57.3 Å². The van der Waals surface area contributed by atoms with Gasteiger partial charge < -0.3 is 10.4 Å². The van der Waals surface area contributed by atoms with Crippen LogP contribution in [0.4, 0.5) is 5.13 Å². The summed E-state index contributed by atoms with van der Waals surface area (Å²) in [6, 6.07) is 0. The monoisotopic (exact) mass is 308 g/mol. The van der Waals surface area contributed by atoms with Gasteiger partial charge in [-0.3, -0.25) is 9.59 Å². The Labute approximate surface area is 127 Å². The lowest BCUT2D eigenvalue weighted by molar-refractivity contribution is -0.153. The molecule has 2 saturated carbocycles. The van der Waals surface area contributed by atoms with Crippen LogP contribution in [0.1, 0.15) is 63.0 Å². The minimum atomic E-state index is -0.876. The Morgan fingerprint density at radius 2 is 2.05 bits per heavy atom. The summed E-state index contributed by atoms with van der Waals surface area (Å²) in [5.74, 6) is -0.498. The van der Waals surface area contributed by atoms with Crippen LogP contribution in [0.3, 0.4) is 0 Å². The molecule has 2 aliphatic rings. The Bertz CT molecular complexity index is 545. The maximum absolute atomic E-state index is 12.2. The SMILES string of the molecule is O=C(CC1(C(=O)O)CCCCC1)Nc1nc(C2CC2)cs1. The molecule has 0 aliphatic heterocycles. The lowest BCUT2D eigenvalue weighted by Gasteiger charge is -2.32. The number of anilines is 1. The number of amides is 1. The zero-order valence-corrected chi connectivity index (χ0v) is 12.7. The van der Waals surface area contributed by atoms with E-state index in [1.54, 1.807) is 0 Å². The third-order valence-electron chi connectivity index (χ3n) is 4.53. The molecule has 1 heterocycles. The number of aromatic nitrogens is 1. The van der Waals surface area contributed by atoms with Crippen molar-refractivity contribution in [2.75, 3.05) is 5.32 Å². The number of hydrogen-bond acceptors (Lipinski definition) is 4.